The summed E-state index contributed by atoms with van der Waals surface area (Å²) in [6, 6.07) is 0. The van der Waals surface area contributed by atoms with Crippen LogP contribution >= 0.6 is 77.0 Å². The van der Waals surface area contributed by atoms with Gasteiger partial charge in [0, 0.05) is 0 Å². The van der Waals surface area contributed by atoms with Gasteiger partial charge < -0.3 is 9.47 Å². The minimum Gasteiger partial charge on any atom is -0.492 e. The topological polar surface area (TPSA) is 18.5 Å². The van der Waals surface area contributed by atoms with Crippen molar-refractivity contribution >= 4 is 77.0 Å². The Morgan fingerprint density at radius 3 is 1.36 bits per heavy atom. The van der Waals surface area contributed by atoms with Crippen molar-refractivity contribution in [3.8, 4) is 11.5 Å². The van der Waals surface area contributed by atoms with Crippen LogP contribution < -0.4 is 9.47 Å². The van der Waals surface area contributed by atoms with Gasteiger partial charge in [-0.2, -0.15) is 0 Å². The summed E-state index contributed by atoms with van der Waals surface area (Å²) in [4.78, 5) is 0. The van der Waals surface area contributed by atoms with E-state index in [4.69, 9.17) is 9.47 Å². The van der Waals surface area contributed by atoms with Crippen molar-refractivity contribution in [2.45, 2.75) is 0 Å². The van der Waals surface area contributed by atoms with Crippen LogP contribution in [0.3, 0.4) is 0 Å². The minimum absolute atomic E-state index is 0.757. The lowest BCUT2D eigenvalue weighted by atomic mass is 10.3. The summed E-state index contributed by atoms with van der Waals surface area (Å²) < 4.78 is 14.6. The summed E-state index contributed by atoms with van der Waals surface area (Å²) in [6.45, 7) is 0. The maximum atomic E-state index is 5.30. The zero-order valence-electron chi connectivity index (χ0n) is 7.33. The van der Waals surface area contributed by atoms with Gasteiger partial charge in [0.05, 0.1) is 30.3 Å². The number of hydrogen-bond donors (Lipinski definition) is 0. The zero-order chi connectivity index (χ0) is 10.9. The molecule has 0 fully saturated rings. The Kier molecular flexibility index (Phi) is 5.26. The first-order valence-electron chi connectivity index (χ1n) is 3.48. The number of methoxy groups -OCH3 is 2. The van der Waals surface area contributed by atoms with E-state index >= 15 is 0 Å². The van der Waals surface area contributed by atoms with E-state index in [1.54, 1.807) is 14.2 Å². The van der Waals surface area contributed by atoms with E-state index in [0.717, 1.165) is 27.6 Å². The van der Waals surface area contributed by atoms with E-state index in [1.807, 2.05) is 0 Å². The number of benzene rings is 1. The molecule has 14 heavy (non-hydrogen) atoms. The van der Waals surface area contributed by atoms with E-state index in [0.29, 0.717) is 0 Å². The highest BCUT2D eigenvalue weighted by Crippen LogP contribution is 2.45. The fourth-order valence-electron chi connectivity index (χ4n) is 0.956. The molecule has 1 rings (SSSR count). The molecule has 0 aliphatic carbocycles. The van der Waals surface area contributed by atoms with Crippen LogP contribution in [0.2, 0.25) is 0 Å². The quantitative estimate of drug-likeness (QED) is 0.310. The normalized spacial score (nSPS) is 10.1. The Morgan fingerprint density at radius 1 is 0.857 bits per heavy atom. The molecule has 0 saturated heterocycles. The van der Waals surface area contributed by atoms with E-state index in [2.05, 4.69) is 77.0 Å². The third-order valence-corrected chi connectivity index (χ3v) is 7.25. The molecule has 0 spiro atoms. The second-order valence-corrected chi connectivity index (χ2v) is 6.07. The van der Waals surface area contributed by atoms with E-state index in [9.17, 15) is 0 Å². The SMILES string of the molecule is COc1c(I)c(Br)c(Br)c(I)c1OC. The smallest absolute Gasteiger partial charge is 0.176 e. The Morgan fingerprint density at radius 2 is 1.14 bits per heavy atom. The van der Waals surface area contributed by atoms with Gasteiger partial charge in [0.25, 0.3) is 0 Å². The molecule has 0 unspecified atom stereocenters. The molecule has 0 amide bonds. The lowest BCUT2D eigenvalue weighted by Gasteiger charge is -2.14. The van der Waals surface area contributed by atoms with E-state index in [1.165, 1.54) is 0 Å². The average Bonchev–Trinajstić information content (AvgIpc) is 2.20. The monoisotopic (exact) mass is 546 g/mol. The first-order valence-corrected chi connectivity index (χ1v) is 7.22. The van der Waals surface area contributed by atoms with Crippen LogP contribution in [0.4, 0.5) is 0 Å². The summed E-state index contributed by atoms with van der Waals surface area (Å²) >= 11 is 11.4. The molecule has 0 aliphatic rings. The molecule has 0 bridgehead atoms. The van der Waals surface area contributed by atoms with Crippen LogP contribution in [0.1, 0.15) is 0 Å². The molecule has 0 aromatic heterocycles. The standard InChI is InChI=1S/C8H6Br2I2O2/c1-13-7-5(11)3(9)4(10)6(12)8(7)14-2/h1-2H3. The molecule has 6 heteroatoms. The number of ether oxygens (including phenoxy) is 2. The molecule has 1 aromatic rings. The second-order valence-electron chi connectivity index (χ2n) is 2.32. The third-order valence-electron chi connectivity index (χ3n) is 1.59. The molecule has 0 saturated carbocycles. The summed E-state index contributed by atoms with van der Waals surface area (Å²) in [7, 11) is 3.27. The highest BCUT2D eigenvalue weighted by Gasteiger charge is 2.19. The van der Waals surface area contributed by atoms with Crippen LogP contribution in [-0.2, 0) is 0 Å². The number of hydrogen-bond acceptors (Lipinski definition) is 2. The largest absolute Gasteiger partial charge is 0.492 e. The van der Waals surface area contributed by atoms with Gasteiger partial charge in [0.2, 0.25) is 0 Å². The Labute approximate surface area is 127 Å². The third kappa shape index (κ3) is 2.32. The highest BCUT2D eigenvalue weighted by molar-refractivity contribution is 14.1. The van der Waals surface area contributed by atoms with Gasteiger partial charge in [-0.15, -0.1) is 0 Å². The van der Waals surface area contributed by atoms with Crippen LogP contribution in [-0.4, -0.2) is 14.2 Å². The van der Waals surface area contributed by atoms with Crippen molar-refractivity contribution in [3.05, 3.63) is 16.1 Å². The van der Waals surface area contributed by atoms with Gasteiger partial charge in [-0.05, 0) is 77.0 Å². The van der Waals surface area contributed by atoms with Crippen molar-refractivity contribution in [2.24, 2.45) is 0 Å². The molecule has 2 nitrogen and oxygen atoms in total. The first kappa shape index (κ1) is 13.3. The molecule has 1 aromatic carbocycles. The lowest BCUT2D eigenvalue weighted by molar-refractivity contribution is 0.350. The molecule has 0 radical (unpaired) electrons. The molecule has 78 valence electrons. The molecule has 0 aliphatic heterocycles. The molecule has 0 atom stereocenters. The van der Waals surface area contributed by atoms with Crippen LogP contribution in [0, 0.1) is 7.14 Å². The predicted molar refractivity (Wildman–Crippen MR) is 80.4 cm³/mol. The molecular weight excluding hydrogens is 542 g/mol. The number of rotatable bonds is 2. The maximum absolute atomic E-state index is 5.30. The molecular formula is C8H6Br2I2O2. The summed E-state index contributed by atoms with van der Waals surface area (Å²) in [6.07, 6.45) is 0. The Hall–Kier alpha value is 1.24. The van der Waals surface area contributed by atoms with E-state index < -0.39 is 0 Å². The molecule has 0 N–H and O–H groups in total. The van der Waals surface area contributed by atoms with Crippen molar-refractivity contribution < 1.29 is 9.47 Å². The van der Waals surface area contributed by atoms with Crippen molar-refractivity contribution in [3.63, 3.8) is 0 Å². The maximum Gasteiger partial charge on any atom is 0.176 e. The fraction of sp³-hybridized carbons (Fsp3) is 0.250. The van der Waals surface area contributed by atoms with Crippen molar-refractivity contribution in [1.29, 1.82) is 0 Å². The van der Waals surface area contributed by atoms with Crippen molar-refractivity contribution in [2.75, 3.05) is 14.2 Å². The zero-order valence-corrected chi connectivity index (χ0v) is 14.8. The van der Waals surface area contributed by atoms with Crippen LogP contribution in [0.15, 0.2) is 8.95 Å². The van der Waals surface area contributed by atoms with Gasteiger partial charge in [-0.3, -0.25) is 0 Å². The first-order chi connectivity index (χ1) is 6.54. The summed E-state index contributed by atoms with van der Waals surface area (Å²) in [5, 5.41) is 0. The summed E-state index contributed by atoms with van der Waals surface area (Å²) in [5.74, 6) is 1.51. The summed E-state index contributed by atoms with van der Waals surface area (Å²) in [5.41, 5.74) is 0. The van der Waals surface area contributed by atoms with Gasteiger partial charge in [0.15, 0.2) is 11.5 Å². The average molecular weight is 548 g/mol. The number of halogens is 4. The van der Waals surface area contributed by atoms with Crippen LogP contribution in [0.25, 0.3) is 0 Å². The van der Waals surface area contributed by atoms with Gasteiger partial charge in [-0.1, -0.05) is 0 Å². The van der Waals surface area contributed by atoms with Gasteiger partial charge in [0.1, 0.15) is 0 Å². The Bertz CT molecular complexity index is 334. The minimum atomic E-state index is 0.757. The lowest BCUT2D eigenvalue weighted by Crippen LogP contribution is -1.97. The van der Waals surface area contributed by atoms with E-state index in [-0.39, 0.29) is 0 Å². The van der Waals surface area contributed by atoms with Crippen LogP contribution in [0.5, 0.6) is 11.5 Å². The fourth-order valence-corrected chi connectivity index (χ4v) is 3.92. The molecule has 0 heterocycles. The second kappa shape index (κ2) is 5.53. The van der Waals surface area contributed by atoms with Gasteiger partial charge in [-0.25, -0.2) is 0 Å². The Balaban J connectivity index is 3.57. The van der Waals surface area contributed by atoms with Crippen molar-refractivity contribution in [1.82, 2.24) is 0 Å². The predicted octanol–water partition coefficient (Wildman–Crippen LogP) is 4.44. The highest BCUT2D eigenvalue weighted by atomic mass is 127. The van der Waals surface area contributed by atoms with Gasteiger partial charge >= 0.3 is 0 Å².